The molecular weight excluding hydrogens is 534 g/mol. The normalized spacial score (nSPS) is 14.8. The molecule has 1 aliphatic rings. The predicted molar refractivity (Wildman–Crippen MR) is 133 cm³/mol. The molecular formula is C28H12F6N6. The fourth-order valence-electron chi connectivity index (χ4n) is 4.27. The van der Waals surface area contributed by atoms with Gasteiger partial charge < -0.3 is 0 Å². The van der Waals surface area contributed by atoms with E-state index in [1.807, 2.05) is 0 Å². The highest BCUT2D eigenvalue weighted by Gasteiger charge is 2.35. The Kier molecular flexibility index (Phi) is 6.40. The second kappa shape index (κ2) is 9.75. The Labute approximate surface area is 222 Å². The van der Waals surface area contributed by atoms with E-state index in [4.69, 9.17) is 6.57 Å². The van der Waals surface area contributed by atoms with E-state index >= 15 is 0 Å². The quantitative estimate of drug-likeness (QED) is 0.102. The number of nitrogens with zero attached hydrogens (tertiary/aromatic N) is 6. The van der Waals surface area contributed by atoms with Gasteiger partial charge in [0.05, 0.1) is 27.6 Å². The number of fused-ring (bicyclic) bond motifs is 2. The summed E-state index contributed by atoms with van der Waals surface area (Å²) in [5, 5.41) is 13.3. The lowest BCUT2D eigenvalue weighted by Gasteiger charge is -2.21. The molecule has 4 aromatic rings. The van der Waals surface area contributed by atoms with Crippen molar-refractivity contribution in [1.82, 2.24) is 9.97 Å². The number of benzene rings is 3. The summed E-state index contributed by atoms with van der Waals surface area (Å²) < 4.78 is 79.3. The van der Waals surface area contributed by atoms with Gasteiger partial charge in [-0.25, -0.2) is 9.97 Å². The van der Waals surface area contributed by atoms with Crippen LogP contribution in [0.25, 0.3) is 27.5 Å². The van der Waals surface area contributed by atoms with Crippen LogP contribution in [0.4, 0.5) is 26.3 Å². The molecule has 3 aromatic carbocycles. The highest BCUT2D eigenvalue weighted by Crippen LogP contribution is 2.37. The van der Waals surface area contributed by atoms with E-state index in [2.05, 4.69) is 25.0 Å². The monoisotopic (exact) mass is 546 g/mol. The second-order valence-electron chi connectivity index (χ2n) is 8.42. The SMILES string of the molecule is [C-]#[N+]/N=C1\c2ccccc2/C(=N/C#N)c2nc(-c3ccc(C(F)(F)F)cc3)c(-c3ccc(C(F)(F)F)cc3)nc21. The molecule has 0 radical (unpaired) electrons. The van der Waals surface area contributed by atoms with Crippen LogP contribution in [-0.2, 0) is 12.4 Å². The highest BCUT2D eigenvalue weighted by atomic mass is 19.4. The Bertz CT molecular complexity index is 1640. The number of rotatable bonds is 2. The number of aromatic nitrogens is 2. The Balaban J connectivity index is 1.82. The van der Waals surface area contributed by atoms with E-state index in [1.54, 1.807) is 30.5 Å². The minimum atomic E-state index is -4.60. The average molecular weight is 546 g/mol. The van der Waals surface area contributed by atoms with Crippen molar-refractivity contribution in [2.75, 3.05) is 0 Å². The van der Waals surface area contributed by atoms with E-state index in [-0.39, 0.29) is 45.3 Å². The molecule has 0 unspecified atom stereocenters. The maximum Gasteiger partial charge on any atom is 0.416 e. The number of halogens is 6. The zero-order chi connectivity index (χ0) is 28.7. The molecule has 5 rings (SSSR count). The molecule has 0 aliphatic heterocycles. The van der Waals surface area contributed by atoms with Gasteiger partial charge in [0.1, 0.15) is 17.1 Å². The van der Waals surface area contributed by atoms with Crippen molar-refractivity contribution in [3.8, 4) is 28.7 Å². The Morgan fingerprint density at radius 2 is 1.07 bits per heavy atom. The molecule has 12 heteroatoms. The maximum atomic E-state index is 13.2. The third-order valence-corrected chi connectivity index (χ3v) is 6.06. The summed E-state index contributed by atoms with van der Waals surface area (Å²) in [5.41, 5.74) is -0.300. The summed E-state index contributed by atoms with van der Waals surface area (Å²) in [7, 11) is 0. The average Bonchev–Trinajstić information content (AvgIpc) is 2.93. The van der Waals surface area contributed by atoms with E-state index in [0.717, 1.165) is 24.3 Å². The van der Waals surface area contributed by atoms with Gasteiger partial charge in [-0.2, -0.15) is 43.2 Å². The van der Waals surface area contributed by atoms with Crippen molar-refractivity contribution >= 4 is 11.4 Å². The minimum absolute atomic E-state index is 0.0272. The summed E-state index contributed by atoms with van der Waals surface area (Å²) in [5.74, 6) is 0. The van der Waals surface area contributed by atoms with Gasteiger partial charge in [0.25, 0.3) is 0 Å². The molecule has 6 nitrogen and oxygen atoms in total. The number of nitriles is 1. The summed E-state index contributed by atoms with van der Waals surface area (Å²) in [4.78, 5) is 16.3. The molecule has 0 saturated carbocycles. The van der Waals surface area contributed by atoms with Gasteiger partial charge in [-0.3, -0.25) is 0 Å². The molecule has 0 fully saturated rings. The van der Waals surface area contributed by atoms with Gasteiger partial charge in [0, 0.05) is 22.3 Å². The first-order valence-corrected chi connectivity index (χ1v) is 11.3. The molecule has 0 saturated heterocycles. The molecule has 0 atom stereocenters. The molecule has 0 amide bonds. The highest BCUT2D eigenvalue weighted by molar-refractivity contribution is 6.30. The lowest BCUT2D eigenvalue weighted by molar-refractivity contribution is -0.138. The van der Waals surface area contributed by atoms with Gasteiger partial charge in [0.15, 0.2) is 5.71 Å². The van der Waals surface area contributed by atoms with Crippen molar-refractivity contribution in [1.29, 1.82) is 5.26 Å². The second-order valence-corrected chi connectivity index (χ2v) is 8.42. The Morgan fingerprint density at radius 1 is 0.650 bits per heavy atom. The van der Waals surface area contributed by atoms with Crippen molar-refractivity contribution in [2.45, 2.75) is 12.4 Å². The van der Waals surface area contributed by atoms with Crippen molar-refractivity contribution < 1.29 is 26.3 Å². The molecule has 1 aromatic heterocycles. The van der Waals surface area contributed by atoms with E-state index in [1.165, 1.54) is 24.3 Å². The number of alkyl halides is 6. The Hall–Kier alpha value is -5.36. The lowest BCUT2D eigenvalue weighted by atomic mass is 9.87. The van der Waals surface area contributed by atoms with Crippen LogP contribution in [0.5, 0.6) is 0 Å². The van der Waals surface area contributed by atoms with Crippen LogP contribution >= 0.6 is 0 Å². The number of aliphatic imine (C=N–C) groups is 1. The first-order chi connectivity index (χ1) is 19.0. The summed E-state index contributed by atoms with van der Waals surface area (Å²) >= 11 is 0. The zero-order valence-electron chi connectivity index (χ0n) is 19.9. The van der Waals surface area contributed by atoms with Crippen molar-refractivity contribution in [3.05, 3.63) is 118 Å². The summed E-state index contributed by atoms with van der Waals surface area (Å²) in [6.45, 7) is 7.31. The van der Waals surface area contributed by atoms with E-state index in [9.17, 15) is 31.6 Å². The summed E-state index contributed by atoms with van der Waals surface area (Å²) in [6, 6.07) is 14.7. The third kappa shape index (κ3) is 4.67. The number of hydrogen-bond donors (Lipinski definition) is 0. The topological polar surface area (TPSA) is 78.6 Å². The smallest absolute Gasteiger partial charge is 0.241 e. The van der Waals surface area contributed by atoms with Crippen LogP contribution in [0, 0.1) is 18.0 Å². The van der Waals surface area contributed by atoms with Crippen LogP contribution < -0.4 is 0 Å². The molecule has 1 heterocycles. The molecule has 40 heavy (non-hydrogen) atoms. The third-order valence-electron chi connectivity index (χ3n) is 6.06. The first-order valence-electron chi connectivity index (χ1n) is 11.3. The van der Waals surface area contributed by atoms with Crippen LogP contribution in [0.3, 0.4) is 0 Å². The fourth-order valence-corrected chi connectivity index (χ4v) is 4.27. The standard InChI is InChI=1S/C28H12F6N6/c1-36-40-24-20-5-3-2-4-19(20)23(37-14-35)25-26(24)39-22(16-8-12-18(13-9-16)28(32,33)34)21(38-25)15-6-10-17(11-7-15)27(29,30)31/h2-13H/b37-23-,40-24+. The minimum Gasteiger partial charge on any atom is -0.241 e. The maximum absolute atomic E-state index is 13.2. The summed E-state index contributed by atoms with van der Waals surface area (Å²) in [6.07, 6.45) is -7.49. The predicted octanol–water partition coefficient (Wildman–Crippen LogP) is 7.15. The van der Waals surface area contributed by atoms with Gasteiger partial charge in [-0.05, 0) is 24.3 Å². The van der Waals surface area contributed by atoms with Gasteiger partial charge in [-0.15, -0.1) is 4.95 Å². The largest absolute Gasteiger partial charge is 0.416 e. The molecule has 196 valence electrons. The zero-order valence-corrected chi connectivity index (χ0v) is 19.9. The van der Waals surface area contributed by atoms with Crippen molar-refractivity contribution in [3.63, 3.8) is 0 Å². The van der Waals surface area contributed by atoms with Crippen LogP contribution in [0.2, 0.25) is 0 Å². The van der Waals surface area contributed by atoms with Crippen LogP contribution in [0.1, 0.15) is 33.6 Å². The first kappa shape index (κ1) is 26.3. The molecule has 0 N–H and O–H groups in total. The van der Waals surface area contributed by atoms with Gasteiger partial charge >= 0.3 is 12.4 Å². The van der Waals surface area contributed by atoms with E-state index in [0.29, 0.717) is 11.1 Å². The van der Waals surface area contributed by atoms with Crippen LogP contribution in [-0.4, -0.2) is 21.4 Å². The molecule has 0 spiro atoms. The Morgan fingerprint density at radius 3 is 1.48 bits per heavy atom. The van der Waals surface area contributed by atoms with Crippen LogP contribution in [0.15, 0.2) is 82.9 Å². The van der Waals surface area contributed by atoms with Gasteiger partial charge in [-0.1, -0.05) is 48.5 Å². The van der Waals surface area contributed by atoms with Crippen molar-refractivity contribution in [2.24, 2.45) is 10.1 Å². The molecule has 0 bridgehead atoms. The van der Waals surface area contributed by atoms with Gasteiger partial charge in [0.2, 0.25) is 6.19 Å². The molecule has 1 aliphatic carbocycles. The lowest BCUT2D eigenvalue weighted by Crippen LogP contribution is -2.25. The van der Waals surface area contributed by atoms with E-state index < -0.39 is 23.5 Å². The fraction of sp³-hybridized carbons (Fsp3) is 0.0714. The number of hydrogen-bond acceptors (Lipinski definition) is 5.